The molecule has 0 fully saturated rings. The van der Waals surface area contributed by atoms with Gasteiger partial charge in [-0.15, -0.1) is 0 Å². The average Bonchev–Trinajstić information content (AvgIpc) is 2.97. The molecule has 0 bridgehead atoms. The first-order valence-corrected chi connectivity index (χ1v) is 8.89. The summed E-state index contributed by atoms with van der Waals surface area (Å²) in [5.41, 5.74) is 6.10. The van der Waals surface area contributed by atoms with Crippen LogP contribution in [-0.4, -0.2) is 32.1 Å². The van der Waals surface area contributed by atoms with Crippen molar-refractivity contribution in [2.75, 3.05) is 11.9 Å². The normalized spacial score (nSPS) is 11.2. The molecule has 138 valence electrons. The molecule has 2 aromatic rings. The van der Waals surface area contributed by atoms with Crippen LogP contribution in [0.1, 0.15) is 55.2 Å². The van der Waals surface area contributed by atoms with Crippen LogP contribution in [0.25, 0.3) is 0 Å². The van der Waals surface area contributed by atoms with Crippen LogP contribution in [0.3, 0.4) is 0 Å². The summed E-state index contributed by atoms with van der Waals surface area (Å²) in [4.78, 5) is 12.2. The molecule has 2 amide bonds. The molecule has 2 N–H and O–H groups in total. The van der Waals surface area contributed by atoms with E-state index in [9.17, 15) is 4.79 Å². The van der Waals surface area contributed by atoms with Gasteiger partial charge in [-0.05, 0) is 53.5 Å². The Morgan fingerprint density at radius 1 is 1.08 bits per heavy atom. The zero-order valence-corrected chi connectivity index (χ0v) is 16.4. The van der Waals surface area contributed by atoms with Gasteiger partial charge < -0.3 is 10.6 Å². The highest BCUT2D eigenvalue weighted by Gasteiger charge is 2.15. The number of anilines is 1. The van der Waals surface area contributed by atoms with E-state index in [1.165, 1.54) is 11.3 Å². The third-order valence-electron chi connectivity index (χ3n) is 4.55. The lowest BCUT2D eigenvalue weighted by Crippen LogP contribution is -2.32. The molecule has 0 atom stereocenters. The van der Waals surface area contributed by atoms with Crippen molar-refractivity contribution in [3.05, 3.63) is 28.3 Å². The summed E-state index contributed by atoms with van der Waals surface area (Å²) in [5.74, 6) is 0. The van der Waals surface area contributed by atoms with Crippen molar-refractivity contribution in [1.82, 2.24) is 24.9 Å². The smallest absolute Gasteiger partial charge is 0.319 e. The summed E-state index contributed by atoms with van der Waals surface area (Å²) in [6.07, 6.45) is 0.976. The molecule has 0 unspecified atom stereocenters. The maximum atomic E-state index is 12.2. The van der Waals surface area contributed by atoms with Gasteiger partial charge in [0.1, 0.15) is 0 Å². The van der Waals surface area contributed by atoms with Crippen LogP contribution in [0.4, 0.5) is 10.5 Å². The van der Waals surface area contributed by atoms with Gasteiger partial charge in [-0.2, -0.15) is 10.2 Å². The van der Waals surface area contributed by atoms with Gasteiger partial charge in [-0.3, -0.25) is 9.36 Å². The SMILES string of the molecule is CCc1c(C)nn(CCNC(=O)Nc2c(C)nn(C(C)C)c2C)c1C. The summed E-state index contributed by atoms with van der Waals surface area (Å²) in [6, 6.07) is 0.0443. The van der Waals surface area contributed by atoms with E-state index >= 15 is 0 Å². The van der Waals surface area contributed by atoms with Crippen molar-refractivity contribution in [2.45, 2.75) is 67.5 Å². The molecule has 7 heteroatoms. The second-order valence-electron chi connectivity index (χ2n) is 6.69. The van der Waals surface area contributed by atoms with E-state index in [0.717, 1.165) is 29.2 Å². The minimum absolute atomic E-state index is 0.216. The van der Waals surface area contributed by atoms with E-state index in [0.29, 0.717) is 13.1 Å². The van der Waals surface area contributed by atoms with Gasteiger partial charge in [-0.25, -0.2) is 4.79 Å². The van der Waals surface area contributed by atoms with E-state index in [-0.39, 0.29) is 12.1 Å². The molecule has 7 nitrogen and oxygen atoms in total. The quantitative estimate of drug-likeness (QED) is 0.843. The molecule has 2 heterocycles. The zero-order chi connectivity index (χ0) is 18.7. The number of urea groups is 1. The number of nitrogens with zero attached hydrogens (tertiary/aromatic N) is 4. The van der Waals surface area contributed by atoms with Crippen LogP contribution in [0, 0.1) is 27.7 Å². The summed E-state index contributed by atoms with van der Waals surface area (Å²) in [6.45, 7) is 15.4. The summed E-state index contributed by atoms with van der Waals surface area (Å²) in [5, 5.41) is 14.8. The molecular formula is C18H30N6O. The van der Waals surface area contributed by atoms with E-state index in [1.54, 1.807) is 0 Å². The predicted octanol–water partition coefficient (Wildman–Crippen LogP) is 3.28. The Kier molecular flexibility index (Phi) is 5.87. The van der Waals surface area contributed by atoms with Crippen LogP contribution in [0.2, 0.25) is 0 Å². The van der Waals surface area contributed by atoms with Crippen LogP contribution < -0.4 is 10.6 Å². The standard InChI is InChI=1S/C18H30N6O/c1-8-16-12(4)21-23(14(16)6)10-9-19-18(25)20-17-13(5)22-24(11(2)3)15(17)7/h11H,8-10H2,1-7H3,(H2,19,20,25). The third kappa shape index (κ3) is 4.03. The van der Waals surface area contributed by atoms with Crippen LogP contribution in [0.15, 0.2) is 0 Å². The topological polar surface area (TPSA) is 76.8 Å². The molecule has 0 aliphatic heterocycles. The van der Waals surface area contributed by atoms with Gasteiger partial charge in [0, 0.05) is 18.3 Å². The van der Waals surface area contributed by atoms with E-state index in [4.69, 9.17) is 0 Å². The van der Waals surface area contributed by atoms with Gasteiger partial charge in [-0.1, -0.05) is 6.92 Å². The number of hydrogen-bond acceptors (Lipinski definition) is 3. The first-order chi connectivity index (χ1) is 11.8. The Balaban J connectivity index is 1.94. The number of hydrogen-bond donors (Lipinski definition) is 2. The molecule has 2 rings (SSSR count). The summed E-state index contributed by atoms with van der Waals surface area (Å²) >= 11 is 0. The summed E-state index contributed by atoms with van der Waals surface area (Å²) < 4.78 is 3.88. The van der Waals surface area contributed by atoms with Crippen molar-refractivity contribution >= 4 is 11.7 Å². The minimum Gasteiger partial charge on any atom is -0.336 e. The van der Waals surface area contributed by atoms with Gasteiger partial charge in [0.25, 0.3) is 0 Å². The number of nitrogens with one attached hydrogen (secondary N) is 2. The number of aromatic nitrogens is 4. The summed E-state index contributed by atoms with van der Waals surface area (Å²) in [7, 11) is 0. The maximum absolute atomic E-state index is 12.2. The van der Waals surface area contributed by atoms with E-state index < -0.39 is 0 Å². The number of carbonyl (C=O) groups is 1. The number of rotatable bonds is 6. The first kappa shape index (κ1) is 19.0. The minimum atomic E-state index is -0.216. The average molecular weight is 346 g/mol. The van der Waals surface area contributed by atoms with Crippen LogP contribution in [0.5, 0.6) is 0 Å². The van der Waals surface area contributed by atoms with Gasteiger partial charge in [0.05, 0.1) is 29.3 Å². The maximum Gasteiger partial charge on any atom is 0.319 e. The highest BCUT2D eigenvalue weighted by molar-refractivity contribution is 5.90. The number of amides is 2. The molecule has 2 aromatic heterocycles. The lowest BCUT2D eigenvalue weighted by molar-refractivity contribution is 0.251. The molecule has 0 spiro atoms. The highest BCUT2D eigenvalue weighted by Crippen LogP contribution is 2.22. The molecular weight excluding hydrogens is 316 g/mol. The fourth-order valence-corrected chi connectivity index (χ4v) is 3.24. The van der Waals surface area contributed by atoms with Gasteiger partial charge >= 0.3 is 6.03 Å². The van der Waals surface area contributed by atoms with Crippen molar-refractivity contribution in [3.63, 3.8) is 0 Å². The van der Waals surface area contributed by atoms with Crippen molar-refractivity contribution in [3.8, 4) is 0 Å². The highest BCUT2D eigenvalue weighted by atomic mass is 16.2. The Hall–Kier alpha value is -2.31. The fourth-order valence-electron chi connectivity index (χ4n) is 3.24. The molecule has 0 aliphatic rings. The van der Waals surface area contributed by atoms with Gasteiger partial charge in [0.15, 0.2) is 0 Å². The Morgan fingerprint density at radius 2 is 1.76 bits per heavy atom. The lowest BCUT2D eigenvalue weighted by atomic mass is 10.1. The van der Waals surface area contributed by atoms with Crippen molar-refractivity contribution < 1.29 is 4.79 Å². The second-order valence-corrected chi connectivity index (χ2v) is 6.69. The zero-order valence-electron chi connectivity index (χ0n) is 16.4. The van der Waals surface area contributed by atoms with E-state index in [2.05, 4.69) is 48.5 Å². The molecule has 0 aliphatic carbocycles. The molecule has 25 heavy (non-hydrogen) atoms. The predicted molar refractivity (Wildman–Crippen MR) is 100 cm³/mol. The first-order valence-electron chi connectivity index (χ1n) is 8.89. The molecule has 0 radical (unpaired) electrons. The lowest BCUT2D eigenvalue weighted by Gasteiger charge is -2.11. The van der Waals surface area contributed by atoms with Crippen LogP contribution in [-0.2, 0) is 13.0 Å². The fraction of sp³-hybridized carbons (Fsp3) is 0.611. The molecule has 0 aromatic carbocycles. The number of aryl methyl sites for hydroxylation is 2. The molecule has 0 saturated heterocycles. The van der Waals surface area contributed by atoms with E-state index in [1.807, 2.05) is 30.1 Å². The third-order valence-corrected chi connectivity index (χ3v) is 4.55. The second kappa shape index (κ2) is 7.72. The van der Waals surface area contributed by atoms with Gasteiger partial charge in [0.2, 0.25) is 0 Å². The van der Waals surface area contributed by atoms with Crippen molar-refractivity contribution in [2.24, 2.45) is 0 Å². The van der Waals surface area contributed by atoms with Crippen molar-refractivity contribution in [1.29, 1.82) is 0 Å². The van der Waals surface area contributed by atoms with Crippen LogP contribution >= 0.6 is 0 Å². The Bertz CT molecular complexity index is 756. The molecule has 0 saturated carbocycles. The Morgan fingerprint density at radius 3 is 2.28 bits per heavy atom. The Labute approximate surface area is 149 Å². The monoisotopic (exact) mass is 346 g/mol. The largest absolute Gasteiger partial charge is 0.336 e. The number of carbonyl (C=O) groups excluding carboxylic acids is 1.